The van der Waals surface area contributed by atoms with Crippen LogP contribution in [0.2, 0.25) is 0 Å². The van der Waals surface area contributed by atoms with Crippen LogP contribution in [0.4, 0.5) is 0 Å². The number of carbonyl (C=O) groups is 1. The van der Waals surface area contributed by atoms with E-state index in [1.165, 1.54) is 0 Å². The largest absolute Gasteiger partial charge is 0.481 e. The number of hydrogen-bond acceptors (Lipinski definition) is 5. The summed E-state index contributed by atoms with van der Waals surface area (Å²) in [5.74, 6) is 0.727. The Morgan fingerprint density at radius 3 is 2.90 bits per heavy atom. The van der Waals surface area contributed by atoms with Crippen LogP contribution in [0.5, 0.6) is 5.88 Å². The first kappa shape index (κ1) is 15.7. The van der Waals surface area contributed by atoms with E-state index in [9.17, 15) is 4.79 Å². The standard InChI is InChI=1S/C15H23N3O3/c1-3-13(15(19)18-7-9-21-10-8-18)16-11-12-5-4-6-14(17-12)20-2/h4-6,13,16H,3,7-11H2,1-2H3/t13-/m0/s1. The van der Waals surface area contributed by atoms with Crippen LogP contribution in [-0.4, -0.2) is 55.2 Å². The van der Waals surface area contributed by atoms with E-state index < -0.39 is 0 Å². The van der Waals surface area contributed by atoms with Crippen molar-refractivity contribution in [2.75, 3.05) is 33.4 Å². The quantitative estimate of drug-likeness (QED) is 0.841. The molecule has 0 saturated carbocycles. The lowest BCUT2D eigenvalue weighted by Gasteiger charge is -2.30. The third kappa shape index (κ3) is 4.41. The van der Waals surface area contributed by atoms with Gasteiger partial charge in [-0.1, -0.05) is 13.0 Å². The third-order valence-corrected chi connectivity index (χ3v) is 3.55. The fourth-order valence-electron chi connectivity index (χ4n) is 2.31. The topological polar surface area (TPSA) is 63.7 Å². The molecule has 2 rings (SSSR count). The predicted octanol–water partition coefficient (Wildman–Crippen LogP) is 0.817. The van der Waals surface area contributed by atoms with E-state index in [-0.39, 0.29) is 11.9 Å². The number of methoxy groups -OCH3 is 1. The SMILES string of the molecule is CC[C@H](NCc1cccc(OC)n1)C(=O)N1CCOCC1. The first-order chi connectivity index (χ1) is 10.2. The fourth-order valence-corrected chi connectivity index (χ4v) is 2.31. The van der Waals surface area contributed by atoms with E-state index in [1.807, 2.05) is 24.0 Å². The number of nitrogens with one attached hydrogen (secondary N) is 1. The van der Waals surface area contributed by atoms with Gasteiger partial charge in [0.1, 0.15) is 0 Å². The maximum atomic E-state index is 12.4. The van der Waals surface area contributed by atoms with Crippen LogP contribution in [0.3, 0.4) is 0 Å². The summed E-state index contributed by atoms with van der Waals surface area (Å²) in [6.45, 7) is 5.16. The molecule has 1 amide bonds. The Balaban J connectivity index is 1.90. The lowest BCUT2D eigenvalue weighted by Crippen LogP contribution is -2.50. The van der Waals surface area contributed by atoms with Gasteiger partial charge in [-0.2, -0.15) is 0 Å². The second-order valence-corrected chi connectivity index (χ2v) is 4.95. The first-order valence-corrected chi connectivity index (χ1v) is 7.34. The zero-order chi connectivity index (χ0) is 15.1. The second kappa shape index (κ2) is 7.95. The van der Waals surface area contributed by atoms with E-state index in [2.05, 4.69) is 10.3 Å². The van der Waals surface area contributed by atoms with E-state index in [0.29, 0.717) is 38.7 Å². The Hall–Kier alpha value is -1.66. The molecular weight excluding hydrogens is 270 g/mol. The van der Waals surface area contributed by atoms with Crippen molar-refractivity contribution in [1.82, 2.24) is 15.2 Å². The molecule has 21 heavy (non-hydrogen) atoms. The molecule has 1 aromatic rings. The zero-order valence-electron chi connectivity index (χ0n) is 12.7. The summed E-state index contributed by atoms with van der Waals surface area (Å²) < 4.78 is 10.4. The minimum atomic E-state index is -0.184. The minimum absolute atomic E-state index is 0.142. The average molecular weight is 293 g/mol. The van der Waals surface area contributed by atoms with Crippen molar-refractivity contribution in [2.45, 2.75) is 25.9 Å². The van der Waals surface area contributed by atoms with Crippen LogP contribution in [0.1, 0.15) is 19.0 Å². The summed E-state index contributed by atoms with van der Waals surface area (Å²) in [6.07, 6.45) is 0.750. The van der Waals surface area contributed by atoms with Crippen molar-refractivity contribution >= 4 is 5.91 Å². The molecule has 1 saturated heterocycles. The third-order valence-electron chi connectivity index (χ3n) is 3.55. The van der Waals surface area contributed by atoms with Crippen molar-refractivity contribution in [3.8, 4) is 5.88 Å². The highest BCUT2D eigenvalue weighted by Crippen LogP contribution is 2.08. The Morgan fingerprint density at radius 1 is 1.48 bits per heavy atom. The van der Waals surface area contributed by atoms with Gasteiger partial charge in [0.25, 0.3) is 0 Å². The van der Waals surface area contributed by atoms with Gasteiger partial charge >= 0.3 is 0 Å². The molecule has 116 valence electrons. The van der Waals surface area contributed by atoms with Gasteiger partial charge < -0.3 is 19.7 Å². The molecule has 1 fully saturated rings. The Bertz CT molecular complexity index is 461. The van der Waals surface area contributed by atoms with Gasteiger partial charge in [0.05, 0.1) is 32.1 Å². The minimum Gasteiger partial charge on any atom is -0.481 e. The predicted molar refractivity (Wildman–Crippen MR) is 79.1 cm³/mol. The van der Waals surface area contributed by atoms with Crippen molar-refractivity contribution in [1.29, 1.82) is 0 Å². The van der Waals surface area contributed by atoms with E-state index in [4.69, 9.17) is 9.47 Å². The number of carbonyl (C=O) groups excluding carboxylic acids is 1. The van der Waals surface area contributed by atoms with Crippen LogP contribution >= 0.6 is 0 Å². The van der Waals surface area contributed by atoms with Crippen LogP contribution in [0, 0.1) is 0 Å². The summed E-state index contributed by atoms with van der Waals surface area (Å²) in [7, 11) is 1.59. The summed E-state index contributed by atoms with van der Waals surface area (Å²) in [4.78, 5) is 18.6. The van der Waals surface area contributed by atoms with Gasteiger partial charge in [0.2, 0.25) is 11.8 Å². The number of morpholine rings is 1. The summed E-state index contributed by atoms with van der Waals surface area (Å²) in [5.41, 5.74) is 0.863. The van der Waals surface area contributed by atoms with Crippen molar-refractivity contribution in [2.24, 2.45) is 0 Å². The van der Waals surface area contributed by atoms with Gasteiger partial charge in [-0.25, -0.2) is 4.98 Å². The monoisotopic (exact) mass is 293 g/mol. The summed E-state index contributed by atoms with van der Waals surface area (Å²) in [5, 5.41) is 3.28. The molecule has 6 heteroatoms. The van der Waals surface area contributed by atoms with E-state index in [1.54, 1.807) is 13.2 Å². The normalized spacial score (nSPS) is 16.6. The highest BCUT2D eigenvalue weighted by molar-refractivity contribution is 5.81. The molecule has 1 aromatic heterocycles. The molecule has 1 N–H and O–H groups in total. The average Bonchev–Trinajstić information content (AvgIpc) is 2.56. The van der Waals surface area contributed by atoms with Gasteiger partial charge in [-0.3, -0.25) is 4.79 Å². The Morgan fingerprint density at radius 2 is 2.24 bits per heavy atom. The molecular formula is C15H23N3O3. The number of ether oxygens (including phenoxy) is 2. The van der Waals surface area contributed by atoms with Crippen LogP contribution < -0.4 is 10.1 Å². The fraction of sp³-hybridized carbons (Fsp3) is 0.600. The zero-order valence-corrected chi connectivity index (χ0v) is 12.7. The number of hydrogen-bond donors (Lipinski definition) is 1. The van der Waals surface area contributed by atoms with Crippen molar-refractivity contribution in [3.63, 3.8) is 0 Å². The maximum Gasteiger partial charge on any atom is 0.239 e. The number of rotatable bonds is 6. The highest BCUT2D eigenvalue weighted by Gasteiger charge is 2.24. The molecule has 0 unspecified atom stereocenters. The maximum absolute atomic E-state index is 12.4. The molecule has 0 radical (unpaired) electrons. The molecule has 6 nitrogen and oxygen atoms in total. The molecule has 1 aliphatic heterocycles. The number of nitrogens with zero attached hydrogens (tertiary/aromatic N) is 2. The lowest BCUT2D eigenvalue weighted by atomic mass is 10.1. The Labute approximate surface area is 125 Å². The van der Waals surface area contributed by atoms with Gasteiger partial charge in [-0.15, -0.1) is 0 Å². The molecule has 1 aliphatic rings. The second-order valence-electron chi connectivity index (χ2n) is 4.95. The molecule has 2 heterocycles. The lowest BCUT2D eigenvalue weighted by molar-refractivity contribution is -0.137. The summed E-state index contributed by atoms with van der Waals surface area (Å²) in [6, 6.07) is 5.44. The van der Waals surface area contributed by atoms with Crippen molar-refractivity contribution < 1.29 is 14.3 Å². The smallest absolute Gasteiger partial charge is 0.239 e. The highest BCUT2D eigenvalue weighted by atomic mass is 16.5. The number of amides is 1. The number of pyridine rings is 1. The van der Waals surface area contributed by atoms with E-state index >= 15 is 0 Å². The molecule has 0 aromatic carbocycles. The van der Waals surface area contributed by atoms with E-state index in [0.717, 1.165) is 12.1 Å². The molecule has 0 bridgehead atoms. The number of aromatic nitrogens is 1. The van der Waals surface area contributed by atoms with Crippen LogP contribution in [-0.2, 0) is 16.1 Å². The molecule has 0 spiro atoms. The van der Waals surface area contributed by atoms with Crippen LogP contribution in [0.25, 0.3) is 0 Å². The van der Waals surface area contributed by atoms with Gasteiger partial charge in [-0.05, 0) is 12.5 Å². The molecule has 1 atom stereocenters. The van der Waals surface area contributed by atoms with Crippen LogP contribution in [0.15, 0.2) is 18.2 Å². The van der Waals surface area contributed by atoms with Gasteiger partial charge in [0, 0.05) is 25.7 Å². The molecule has 0 aliphatic carbocycles. The van der Waals surface area contributed by atoms with Crippen molar-refractivity contribution in [3.05, 3.63) is 23.9 Å². The summed E-state index contributed by atoms with van der Waals surface area (Å²) >= 11 is 0. The Kier molecular flexibility index (Phi) is 5.95. The first-order valence-electron chi connectivity index (χ1n) is 7.34. The van der Waals surface area contributed by atoms with Gasteiger partial charge in [0.15, 0.2) is 0 Å².